The van der Waals surface area contributed by atoms with Crippen molar-refractivity contribution in [1.82, 2.24) is 15.6 Å². The molecule has 0 spiro atoms. The molecular formula is C12H20N4O2. The molecule has 0 aliphatic carbocycles. The SMILES string of the molecule is CN1CCCCC1CNC(=O)C1=NNC(=O)CC1. The molecule has 100 valence electrons. The average Bonchev–Trinajstić information content (AvgIpc) is 2.38. The first-order valence-corrected chi connectivity index (χ1v) is 6.50. The Balaban J connectivity index is 1.79. The molecule has 18 heavy (non-hydrogen) atoms. The predicted molar refractivity (Wildman–Crippen MR) is 68.1 cm³/mol. The highest BCUT2D eigenvalue weighted by atomic mass is 16.2. The van der Waals surface area contributed by atoms with E-state index < -0.39 is 0 Å². The van der Waals surface area contributed by atoms with Crippen LogP contribution in [0.15, 0.2) is 5.10 Å². The topological polar surface area (TPSA) is 73.8 Å². The maximum atomic E-state index is 11.8. The van der Waals surface area contributed by atoms with E-state index in [1.807, 2.05) is 0 Å². The zero-order chi connectivity index (χ0) is 13.0. The van der Waals surface area contributed by atoms with Crippen molar-refractivity contribution in [2.75, 3.05) is 20.1 Å². The van der Waals surface area contributed by atoms with Gasteiger partial charge in [-0.2, -0.15) is 5.10 Å². The lowest BCUT2D eigenvalue weighted by Gasteiger charge is -2.32. The van der Waals surface area contributed by atoms with Gasteiger partial charge >= 0.3 is 0 Å². The number of carbonyl (C=O) groups excluding carboxylic acids is 2. The van der Waals surface area contributed by atoms with Gasteiger partial charge in [0.05, 0.1) is 0 Å². The molecule has 0 aromatic rings. The Labute approximate surface area is 107 Å². The quantitative estimate of drug-likeness (QED) is 0.734. The highest BCUT2D eigenvalue weighted by Crippen LogP contribution is 2.14. The van der Waals surface area contributed by atoms with Crippen molar-refractivity contribution in [3.63, 3.8) is 0 Å². The number of hydrogen-bond donors (Lipinski definition) is 2. The molecular weight excluding hydrogens is 232 g/mol. The number of hydrogen-bond acceptors (Lipinski definition) is 4. The molecule has 1 saturated heterocycles. The summed E-state index contributed by atoms with van der Waals surface area (Å²) in [6, 6.07) is 0.418. The second kappa shape index (κ2) is 5.95. The van der Waals surface area contributed by atoms with E-state index in [2.05, 4.69) is 27.8 Å². The van der Waals surface area contributed by atoms with E-state index in [4.69, 9.17) is 0 Å². The van der Waals surface area contributed by atoms with Gasteiger partial charge in [0.25, 0.3) is 5.91 Å². The molecule has 2 aliphatic rings. The van der Waals surface area contributed by atoms with Crippen molar-refractivity contribution in [3.05, 3.63) is 0 Å². The van der Waals surface area contributed by atoms with Crippen LogP contribution in [-0.2, 0) is 9.59 Å². The molecule has 0 radical (unpaired) electrons. The Morgan fingerprint density at radius 3 is 3.00 bits per heavy atom. The number of likely N-dealkylation sites (N-methyl/N-ethyl adjacent to an activating group) is 1. The molecule has 1 atom stereocenters. The largest absolute Gasteiger partial charge is 0.349 e. The first kappa shape index (κ1) is 13.0. The van der Waals surface area contributed by atoms with Crippen molar-refractivity contribution in [3.8, 4) is 0 Å². The van der Waals surface area contributed by atoms with Gasteiger partial charge in [-0.3, -0.25) is 9.59 Å². The summed E-state index contributed by atoms with van der Waals surface area (Å²) in [6.45, 7) is 1.75. The smallest absolute Gasteiger partial charge is 0.267 e. The second-order valence-corrected chi connectivity index (χ2v) is 4.93. The summed E-state index contributed by atoms with van der Waals surface area (Å²) >= 11 is 0. The average molecular weight is 252 g/mol. The van der Waals surface area contributed by atoms with Crippen molar-refractivity contribution < 1.29 is 9.59 Å². The van der Waals surface area contributed by atoms with E-state index in [0.717, 1.165) is 13.0 Å². The van der Waals surface area contributed by atoms with Crippen molar-refractivity contribution in [2.45, 2.75) is 38.1 Å². The van der Waals surface area contributed by atoms with Gasteiger partial charge in [0.1, 0.15) is 5.71 Å². The molecule has 2 N–H and O–H groups in total. The van der Waals surface area contributed by atoms with E-state index in [9.17, 15) is 9.59 Å². The molecule has 2 heterocycles. The molecule has 6 nitrogen and oxygen atoms in total. The molecule has 2 rings (SSSR count). The minimum absolute atomic E-state index is 0.126. The van der Waals surface area contributed by atoms with Gasteiger partial charge in [0, 0.05) is 25.4 Å². The van der Waals surface area contributed by atoms with Crippen LogP contribution >= 0.6 is 0 Å². The van der Waals surface area contributed by atoms with Crippen LogP contribution in [0.1, 0.15) is 32.1 Å². The first-order valence-electron chi connectivity index (χ1n) is 6.50. The van der Waals surface area contributed by atoms with E-state index in [0.29, 0.717) is 31.1 Å². The highest BCUT2D eigenvalue weighted by molar-refractivity contribution is 6.39. The van der Waals surface area contributed by atoms with Crippen LogP contribution in [0.5, 0.6) is 0 Å². The highest BCUT2D eigenvalue weighted by Gasteiger charge is 2.22. The summed E-state index contributed by atoms with van der Waals surface area (Å²) < 4.78 is 0. The zero-order valence-corrected chi connectivity index (χ0v) is 10.7. The number of hydrazone groups is 1. The summed E-state index contributed by atoms with van der Waals surface area (Å²) in [5, 5.41) is 6.69. The molecule has 6 heteroatoms. The van der Waals surface area contributed by atoms with Crippen LogP contribution in [0, 0.1) is 0 Å². The van der Waals surface area contributed by atoms with Crippen LogP contribution in [0.2, 0.25) is 0 Å². The summed E-state index contributed by atoms with van der Waals surface area (Å²) in [6.07, 6.45) is 4.36. The van der Waals surface area contributed by atoms with Gasteiger partial charge in [0.2, 0.25) is 5.91 Å². The molecule has 2 amide bonds. The number of nitrogens with zero attached hydrogens (tertiary/aromatic N) is 2. The second-order valence-electron chi connectivity index (χ2n) is 4.93. The van der Waals surface area contributed by atoms with Gasteiger partial charge in [-0.1, -0.05) is 6.42 Å². The summed E-state index contributed by atoms with van der Waals surface area (Å²) in [5.74, 6) is -0.285. The van der Waals surface area contributed by atoms with Crippen LogP contribution in [0.4, 0.5) is 0 Å². The number of carbonyl (C=O) groups is 2. The molecule has 0 aromatic heterocycles. The van der Waals surface area contributed by atoms with Crippen LogP contribution < -0.4 is 10.7 Å². The lowest BCUT2D eigenvalue weighted by molar-refractivity contribution is -0.121. The molecule has 1 unspecified atom stereocenters. The van der Waals surface area contributed by atoms with Gasteiger partial charge in [0.15, 0.2) is 0 Å². The summed E-state index contributed by atoms with van der Waals surface area (Å²) in [7, 11) is 2.09. The minimum Gasteiger partial charge on any atom is -0.349 e. The van der Waals surface area contributed by atoms with E-state index in [-0.39, 0.29) is 11.8 Å². The van der Waals surface area contributed by atoms with E-state index >= 15 is 0 Å². The van der Waals surface area contributed by atoms with Crippen molar-refractivity contribution in [1.29, 1.82) is 0 Å². The van der Waals surface area contributed by atoms with Crippen LogP contribution in [0.25, 0.3) is 0 Å². The van der Waals surface area contributed by atoms with Crippen LogP contribution in [-0.4, -0.2) is 48.6 Å². The maximum absolute atomic E-state index is 11.8. The van der Waals surface area contributed by atoms with Crippen molar-refractivity contribution >= 4 is 17.5 Å². The third-order valence-corrected chi connectivity index (χ3v) is 3.59. The number of nitrogens with one attached hydrogen (secondary N) is 2. The molecule has 0 saturated carbocycles. The molecule has 0 aromatic carbocycles. The van der Waals surface area contributed by atoms with E-state index in [1.165, 1.54) is 12.8 Å². The Morgan fingerprint density at radius 1 is 1.50 bits per heavy atom. The Kier molecular flexibility index (Phi) is 4.30. The summed E-state index contributed by atoms with van der Waals surface area (Å²) in [4.78, 5) is 25.1. The Morgan fingerprint density at radius 2 is 2.33 bits per heavy atom. The fourth-order valence-electron chi connectivity index (χ4n) is 2.35. The lowest BCUT2D eigenvalue weighted by atomic mass is 10.0. The lowest BCUT2D eigenvalue weighted by Crippen LogP contribution is -2.46. The summed E-state index contributed by atoms with van der Waals surface area (Å²) in [5.41, 5.74) is 2.76. The third kappa shape index (κ3) is 3.29. The van der Waals surface area contributed by atoms with Gasteiger partial charge in [-0.05, 0) is 26.4 Å². The normalized spacial score (nSPS) is 25.3. The predicted octanol–water partition coefficient (Wildman–Crippen LogP) is -0.147. The van der Waals surface area contributed by atoms with Gasteiger partial charge < -0.3 is 10.2 Å². The fraction of sp³-hybridized carbons (Fsp3) is 0.750. The Hall–Kier alpha value is -1.43. The number of rotatable bonds is 3. The minimum atomic E-state index is -0.158. The number of likely N-dealkylation sites (tertiary alicyclic amines) is 1. The maximum Gasteiger partial charge on any atom is 0.267 e. The molecule has 2 aliphatic heterocycles. The third-order valence-electron chi connectivity index (χ3n) is 3.59. The number of piperidine rings is 1. The Bertz CT molecular complexity index is 367. The van der Waals surface area contributed by atoms with Gasteiger partial charge in [-0.25, -0.2) is 5.43 Å². The van der Waals surface area contributed by atoms with Crippen molar-refractivity contribution in [2.24, 2.45) is 5.10 Å². The van der Waals surface area contributed by atoms with E-state index in [1.54, 1.807) is 0 Å². The van der Waals surface area contributed by atoms with Gasteiger partial charge in [-0.15, -0.1) is 0 Å². The standard InChI is InChI=1S/C12H20N4O2/c1-16-7-3-2-4-9(16)8-13-12(18)10-5-6-11(17)15-14-10/h9H,2-8H2,1H3,(H,13,18)(H,15,17). The van der Waals surface area contributed by atoms with Crippen LogP contribution in [0.3, 0.4) is 0 Å². The number of amides is 2. The molecule has 1 fully saturated rings. The zero-order valence-electron chi connectivity index (χ0n) is 10.7. The molecule has 0 bridgehead atoms. The first-order chi connectivity index (χ1) is 8.66. The monoisotopic (exact) mass is 252 g/mol. The fourth-order valence-corrected chi connectivity index (χ4v) is 2.35.